The summed E-state index contributed by atoms with van der Waals surface area (Å²) < 4.78 is 5.07. The number of aliphatic hydroxyl groups is 1. The van der Waals surface area contributed by atoms with Gasteiger partial charge in [0.1, 0.15) is 5.92 Å². The fraction of sp³-hybridized carbons (Fsp3) is 0.800. The van der Waals surface area contributed by atoms with Crippen molar-refractivity contribution < 1.29 is 19.7 Å². The number of rotatable bonds is 7. The second-order valence-corrected chi connectivity index (χ2v) is 4.10. The van der Waals surface area contributed by atoms with Crippen molar-refractivity contribution in [3.05, 3.63) is 0 Å². The molecule has 0 unspecified atom stereocenters. The summed E-state index contributed by atoms with van der Waals surface area (Å²) in [7, 11) is 0. The van der Waals surface area contributed by atoms with E-state index in [9.17, 15) is 9.90 Å². The Hall–Kier alpha value is -0.940. The third kappa shape index (κ3) is 6.19. The topological polar surface area (TPSA) is 90.6 Å². The average Bonchev–Trinajstić information content (AvgIpc) is 2.09. The summed E-state index contributed by atoms with van der Waals surface area (Å²) in [5, 5.41) is 25.6. The van der Waals surface area contributed by atoms with Crippen molar-refractivity contribution in [3.63, 3.8) is 0 Å². The second-order valence-electron chi connectivity index (χ2n) is 4.10. The maximum Gasteiger partial charge on any atom is 0.314 e. The molecule has 0 saturated carbocycles. The summed E-state index contributed by atoms with van der Waals surface area (Å²) in [5.74, 6) is -1.96. The van der Waals surface area contributed by atoms with E-state index < -0.39 is 17.5 Å². The Balaban J connectivity index is 4.09. The number of carboxylic acids is 1. The zero-order valence-corrected chi connectivity index (χ0v) is 9.41. The van der Waals surface area contributed by atoms with Crippen LogP contribution in [0.25, 0.3) is 0 Å². The van der Waals surface area contributed by atoms with Gasteiger partial charge in [-0.1, -0.05) is 6.92 Å². The number of hydrogen-bond acceptors (Lipinski definition) is 4. The standard InChI is InChI=1S/C10H19NO4/c1-4-8(11)7(9(12)13)5-15-6-10(2,3)14/h7,11,14H,4-6H2,1-3H3,(H,12,13)/t7-/m1/s1. The Labute approximate surface area is 89.6 Å². The highest BCUT2D eigenvalue weighted by molar-refractivity contribution is 5.99. The highest BCUT2D eigenvalue weighted by Gasteiger charge is 2.23. The largest absolute Gasteiger partial charge is 0.481 e. The smallest absolute Gasteiger partial charge is 0.314 e. The number of nitrogens with one attached hydrogen (secondary N) is 1. The molecule has 0 saturated heterocycles. The molecule has 0 heterocycles. The van der Waals surface area contributed by atoms with Crippen LogP contribution in [0.1, 0.15) is 27.2 Å². The predicted molar refractivity (Wildman–Crippen MR) is 56.3 cm³/mol. The van der Waals surface area contributed by atoms with Crippen molar-refractivity contribution >= 4 is 11.7 Å². The van der Waals surface area contributed by atoms with Crippen molar-refractivity contribution in [2.75, 3.05) is 13.2 Å². The monoisotopic (exact) mass is 217 g/mol. The first-order valence-corrected chi connectivity index (χ1v) is 4.88. The Morgan fingerprint density at radius 3 is 2.40 bits per heavy atom. The zero-order valence-electron chi connectivity index (χ0n) is 9.41. The quantitative estimate of drug-likeness (QED) is 0.553. The number of ether oxygens (including phenoxy) is 1. The van der Waals surface area contributed by atoms with Crippen LogP contribution in [0, 0.1) is 11.3 Å². The third-order valence-corrected chi connectivity index (χ3v) is 1.84. The molecule has 0 amide bonds. The van der Waals surface area contributed by atoms with E-state index >= 15 is 0 Å². The minimum atomic E-state index is -1.06. The van der Waals surface area contributed by atoms with Gasteiger partial charge in [-0.25, -0.2) is 0 Å². The van der Waals surface area contributed by atoms with Crippen LogP contribution in [-0.4, -0.2) is 40.7 Å². The highest BCUT2D eigenvalue weighted by atomic mass is 16.5. The summed E-state index contributed by atoms with van der Waals surface area (Å²) >= 11 is 0. The van der Waals surface area contributed by atoms with E-state index in [0.29, 0.717) is 6.42 Å². The van der Waals surface area contributed by atoms with E-state index in [4.69, 9.17) is 15.3 Å². The molecule has 15 heavy (non-hydrogen) atoms. The first kappa shape index (κ1) is 14.1. The lowest BCUT2D eigenvalue weighted by atomic mass is 10.0. The van der Waals surface area contributed by atoms with E-state index in [1.165, 1.54) is 0 Å². The van der Waals surface area contributed by atoms with Crippen LogP contribution in [-0.2, 0) is 9.53 Å². The molecule has 0 bridgehead atoms. The number of hydrogen-bond donors (Lipinski definition) is 3. The van der Waals surface area contributed by atoms with E-state index in [2.05, 4.69) is 0 Å². The molecule has 0 aromatic carbocycles. The summed E-state index contributed by atoms with van der Waals surface area (Å²) in [5.41, 5.74) is -0.837. The molecule has 3 N–H and O–H groups in total. The second kappa shape index (κ2) is 5.82. The number of aliphatic carboxylic acids is 1. The van der Waals surface area contributed by atoms with Crippen molar-refractivity contribution in [1.82, 2.24) is 0 Å². The number of carboxylic acid groups (broad SMARTS) is 1. The van der Waals surface area contributed by atoms with Gasteiger partial charge < -0.3 is 20.4 Å². The first-order valence-electron chi connectivity index (χ1n) is 4.88. The molecule has 1 atom stereocenters. The molecule has 0 rings (SSSR count). The molecule has 0 aromatic heterocycles. The van der Waals surface area contributed by atoms with Gasteiger partial charge in [0, 0.05) is 5.71 Å². The summed E-state index contributed by atoms with van der Waals surface area (Å²) in [6.07, 6.45) is 0.392. The van der Waals surface area contributed by atoms with Crippen molar-refractivity contribution in [3.8, 4) is 0 Å². The summed E-state index contributed by atoms with van der Waals surface area (Å²) in [6, 6.07) is 0. The lowest BCUT2D eigenvalue weighted by Gasteiger charge is -2.19. The Morgan fingerprint density at radius 1 is 1.53 bits per heavy atom. The minimum absolute atomic E-state index is 0.0633. The number of carbonyl (C=O) groups is 1. The van der Waals surface area contributed by atoms with Crippen LogP contribution in [0.3, 0.4) is 0 Å². The molecule has 0 radical (unpaired) electrons. The van der Waals surface area contributed by atoms with E-state index in [0.717, 1.165) is 0 Å². The normalized spacial score (nSPS) is 13.6. The Morgan fingerprint density at radius 2 is 2.07 bits per heavy atom. The van der Waals surface area contributed by atoms with Gasteiger partial charge in [0.25, 0.3) is 0 Å². The maximum absolute atomic E-state index is 10.8. The lowest BCUT2D eigenvalue weighted by molar-refractivity contribution is -0.142. The third-order valence-electron chi connectivity index (χ3n) is 1.84. The molecule has 0 aliphatic rings. The van der Waals surface area contributed by atoms with Gasteiger partial charge >= 0.3 is 5.97 Å². The van der Waals surface area contributed by atoms with Crippen molar-refractivity contribution in [2.45, 2.75) is 32.8 Å². The molecule has 5 nitrogen and oxygen atoms in total. The molecular weight excluding hydrogens is 198 g/mol. The van der Waals surface area contributed by atoms with Crippen LogP contribution in [0.2, 0.25) is 0 Å². The molecule has 5 heteroatoms. The van der Waals surface area contributed by atoms with Gasteiger partial charge in [-0.05, 0) is 20.3 Å². The van der Waals surface area contributed by atoms with Crippen LogP contribution < -0.4 is 0 Å². The average molecular weight is 217 g/mol. The van der Waals surface area contributed by atoms with Crippen molar-refractivity contribution in [2.24, 2.45) is 5.92 Å². The minimum Gasteiger partial charge on any atom is -0.481 e. The van der Waals surface area contributed by atoms with Gasteiger partial charge in [-0.2, -0.15) is 0 Å². The van der Waals surface area contributed by atoms with Crippen LogP contribution in [0.15, 0.2) is 0 Å². The van der Waals surface area contributed by atoms with Gasteiger partial charge in [0.2, 0.25) is 0 Å². The molecular formula is C10H19NO4. The predicted octanol–water partition coefficient (Wildman–Crippen LogP) is 0.904. The van der Waals surface area contributed by atoms with Gasteiger partial charge in [-0.15, -0.1) is 0 Å². The summed E-state index contributed by atoms with van der Waals surface area (Å²) in [6.45, 7) is 4.88. The zero-order chi connectivity index (χ0) is 12.1. The molecule has 88 valence electrons. The molecule has 0 spiro atoms. The van der Waals surface area contributed by atoms with Crippen molar-refractivity contribution in [1.29, 1.82) is 5.41 Å². The fourth-order valence-electron chi connectivity index (χ4n) is 0.994. The van der Waals surface area contributed by atoms with E-state index in [-0.39, 0.29) is 18.9 Å². The maximum atomic E-state index is 10.8. The van der Waals surface area contributed by atoms with Gasteiger partial charge in [-0.3, -0.25) is 4.79 Å². The Bertz CT molecular complexity index is 232. The van der Waals surface area contributed by atoms with Crippen LogP contribution in [0.5, 0.6) is 0 Å². The van der Waals surface area contributed by atoms with Gasteiger partial charge in [0.05, 0.1) is 18.8 Å². The summed E-state index contributed by atoms with van der Waals surface area (Å²) in [4.78, 5) is 10.8. The van der Waals surface area contributed by atoms with E-state index in [1.807, 2.05) is 0 Å². The Kier molecular flexibility index (Phi) is 5.46. The molecule has 0 aliphatic heterocycles. The van der Waals surface area contributed by atoms with Crippen LogP contribution in [0.4, 0.5) is 0 Å². The first-order chi connectivity index (χ1) is 6.78. The SMILES string of the molecule is CCC(=N)[C@@H](COCC(C)(C)O)C(=O)O. The molecule has 0 fully saturated rings. The highest BCUT2D eigenvalue weighted by Crippen LogP contribution is 2.07. The molecule has 0 aromatic rings. The van der Waals surface area contributed by atoms with Gasteiger partial charge in [0.15, 0.2) is 0 Å². The van der Waals surface area contributed by atoms with Crippen LogP contribution >= 0.6 is 0 Å². The molecule has 0 aliphatic carbocycles. The van der Waals surface area contributed by atoms with E-state index in [1.54, 1.807) is 20.8 Å². The fourth-order valence-corrected chi connectivity index (χ4v) is 0.994. The lowest BCUT2D eigenvalue weighted by Crippen LogP contribution is -2.32.